The first kappa shape index (κ1) is 15.5. The van der Waals surface area contributed by atoms with Crippen molar-refractivity contribution in [3.8, 4) is 5.75 Å². The lowest BCUT2D eigenvalue weighted by molar-refractivity contribution is -0.148. The van der Waals surface area contributed by atoms with E-state index in [1.54, 1.807) is 21.0 Å². The fourth-order valence-corrected chi connectivity index (χ4v) is 2.19. The van der Waals surface area contributed by atoms with E-state index in [4.69, 9.17) is 9.84 Å². The summed E-state index contributed by atoms with van der Waals surface area (Å²) >= 11 is 0. The van der Waals surface area contributed by atoms with E-state index in [-0.39, 0.29) is 6.42 Å². The third-order valence-electron chi connectivity index (χ3n) is 3.35. The van der Waals surface area contributed by atoms with Crippen LogP contribution in [0.5, 0.6) is 5.75 Å². The number of aryl methyl sites for hydroxylation is 2. The van der Waals surface area contributed by atoms with Crippen LogP contribution in [0, 0.1) is 19.3 Å². The third kappa shape index (κ3) is 3.47. The van der Waals surface area contributed by atoms with Crippen LogP contribution in [0.4, 0.5) is 0 Å². The Hall–Kier alpha value is -1.55. The first-order valence-corrected chi connectivity index (χ1v) is 6.25. The first-order valence-electron chi connectivity index (χ1n) is 6.25. The van der Waals surface area contributed by atoms with Crippen LogP contribution in [-0.4, -0.2) is 23.3 Å². The smallest absolute Gasteiger partial charge is 0.309 e. The fraction of sp³-hybridized carbons (Fsp3) is 0.533. The van der Waals surface area contributed by atoms with Gasteiger partial charge in [0.05, 0.1) is 18.6 Å². The lowest BCUT2D eigenvalue weighted by Crippen LogP contribution is -2.26. The number of carboxylic acids is 1. The van der Waals surface area contributed by atoms with Gasteiger partial charge in [0, 0.05) is 0 Å². The maximum atomic E-state index is 11.1. The maximum Gasteiger partial charge on any atom is 0.309 e. The molecule has 1 unspecified atom stereocenters. The molecule has 0 aliphatic heterocycles. The lowest BCUT2D eigenvalue weighted by atomic mass is 9.84. The monoisotopic (exact) mass is 266 g/mol. The lowest BCUT2D eigenvalue weighted by Gasteiger charge is -2.23. The highest BCUT2D eigenvalue weighted by Gasteiger charge is 2.30. The van der Waals surface area contributed by atoms with Crippen LogP contribution in [-0.2, 0) is 4.79 Å². The van der Waals surface area contributed by atoms with Gasteiger partial charge >= 0.3 is 5.97 Å². The fourth-order valence-electron chi connectivity index (χ4n) is 2.19. The Kier molecular flexibility index (Phi) is 4.58. The number of benzene rings is 1. The number of methoxy groups -OCH3 is 1. The van der Waals surface area contributed by atoms with Crippen molar-refractivity contribution in [2.45, 2.75) is 40.2 Å². The van der Waals surface area contributed by atoms with Crippen molar-refractivity contribution in [1.29, 1.82) is 0 Å². The van der Waals surface area contributed by atoms with Crippen LogP contribution < -0.4 is 4.74 Å². The first-order chi connectivity index (χ1) is 8.69. The molecule has 0 spiro atoms. The SMILES string of the molecule is COc1c(C)cc(C(O)CC(C)(C)C(=O)O)cc1C. The normalized spacial score (nSPS) is 13.2. The summed E-state index contributed by atoms with van der Waals surface area (Å²) < 4.78 is 5.27. The molecule has 0 aliphatic rings. The van der Waals surface area contributed by atoms with Crippen molar-refractivity contribution < 1.29 is 19.7 Å². The van der Waals surface area contributed by atoms with Crippen molar-refractivity contribution in [2.24, 2.45) is 5.41 Å². The van der Waals surface area contributed by atoms with Crippen LogP contribution >= 0.6 is 0 Å². The van der Waals surface area contributed by atoms with Gasteiger partial charge in [-0.3, -0.25) is 4.79 Å². The molecule has 0 amide bonds. The van der Waals surface area contributed by atoms with Crippen molar-refractivity contribution in [2.75, 3.05) is 7.11 Å². The molecule has 0 bridgehead atoms. The number of hydrogen-bond donors (Lipinski definition) is 2. The van der Waals surface area contributed by atoms with E-state index in [2.05, 4.69) is 0 Å². The molecule has 19 heavy (non-hydrogen) atoms. The number of carbonyl (C=O) groups is 1. The average molecular weight is 266 g/mol. The van der Waals surface area contributed by atoms with E-state index in [9.17, 15) is 9.90 Å². The third-order valence-corrected chi connectivity index (χ3v) is 3.35. The zero-order valence-electron chi connectivity index (χ0n) is 12.2. The number of aliphatic carboxylic acids is 1. The molecular formula is C15H22O4. The molecule has 1 aromatic rings. The minimum Gasteiger partial charge on any atom is -0.496 e. The van der Waals surface area contributed by atoms with Gasteiger partial charge in [-0.2, -0.15) is 0 Å². The van der Waals surface area contributed by atoms with Crippen molar-refractivity contribution in [1.82, 2.24) is 0 Å². The Bertz CT molecular complexity index is 454. The second-order valence-corrected chi connectivity index (χ2v) is 5.60. The Balaban J connectivity index is 3.01. The number of carboxylic acid groups (broad SMARTS) is 1. The average Bonchev–Trinajstić information content (AvgIpc) is 2.27. The molecule has 1 aromatic carbocycles. The van der Waals surface area contributed by atoms with E-state index < -0.39 is 17.5 Å². The number of rotatable bonds is 5. The molecule has 2 N–H and O–H groups in total. The molecule has 1 rings (SSSR count). The highest BCUT2D eigenvalue weighted by Crippen LogP contribution is 2.33. The number of aliphatic hydroxyl groups excluding tert-OH is 1. The van der Waals surface area contributed by atoms with Gasteiger partial charge in [0.15, 0.2) is 0 Å². The van der Waals surface area contributed by atoms with Crippen LogP contribution in [0.2, 0.25) is 0 Å². The molecule has 0 heterocycles. The van der Waals surface area contributed by atoms with Gasteiger partial charge < -0.3 is 14.9 Å². The highest BCUT2D eigenvalue weighted by molar-refractivity contribution is 5.73. The second-order valence-electron chi connectivity index (χ2n) is 5.60. The van der Waals surface area contributed by atoms with Crippen molar-refractivity contribution in [3.63, 3.8) is 0 Å². The molecule has 0 aliphatic carbocycles. The predicted molar refractivity (Wildman–Crippen MR) is 73.5 cm³/mol. The molecule has 0 saturated carbocycles. The van der Waals surface area contributed by atoms with E-state index in [1.807, 2.05) is 26.0 Å². The summed E-state index contributed by atoms with van der Waals surface area (Å²) in [7, 11) is 1.61. The summed E-state index contributed by atoms with van der Waals surface area (Å²) in [5.41, 5.74) is 1.64. The summed E-state index contributed by atoms with van der Waals surface area (Å²) in [6.45, 7) is 7.04. The van der Waals surface area contributed by atoms with E-state index in [0.717, 1.165) is 22.4 Å². The minimum absolute atomic E-state index is 0.174. The topological polar surface area (TPSA) is 66.8 Å². The summed E-state index contributed by atoms with van der Waals surface area (Å²) in [4.78, 5) is 11.1. The summed E-state index contributed by atoms with van der Waals surface area (Å²) in [6, 6.07) is 3.68. The highest BCUT2D eigenvalue weighted by atomic mass is 16.5. The molecule has 106 valence electrons. The Morgan fingerprint density at radius 2 is 1.79 bits per heavy atom. The molecular weight excluding hydrogens is 244 g/mol. The van der Waals surface area contributed by atoms with E-state index >= 15 is 0 Å². The quantitative estimate of drug-likeness (QED) is 0.860. The molecule has 0 radical (unpaired) electrons. The number of hydrogen-bond acceptors (Lipinski definition) is 3. The van der Waals surface area contributed by atoms with Crippen LogP contribution in [0.1, 0.15) is 43.1 Å². The van der Waals surface area contributed by atoms with Gasteiger partial charge in [-0.25, -0.2) is 0 Å². The van der Waals surface area contributed by atoms with Gasteiger partial charge in [0.2, 0.25) is 0 Å². The molecule has 1 atom stereocenters. The Labute approximate surface area is 114 Å². The van der Waals surface area contributed by atoms with Gasteiger partial charge in [0.25, 0.3) is 0 Å². The van der Waals surface area contributed by atoms with Gasteiger partial charge in [-0.15, -0.1) is 0 Å². The zero-order valence-corrected chi connectivity index (χ0v) is 12.2. The number of ether oxygens (including phenoxy) is 1. The van der Waals surface area contributed by atoms with Crippen molar-refractivity contribution >= 4 is 5.97 Å². The summed E-state index contributed by atoms with van der Waals surface area (Å²) in [5, 5.41) is 19.3. The Morgan fingerprint density at radius 3 is 2.16 bits per heavy atom. The Morgan fingerprint density at radius 1 is 1.32 bits per heavy atom. The van der Waals surface area contributed by atoms with Crippen LogP contribution in [0.3, 0.4) is 0 Å². The summed E-state index contributed by atoms with van der Waals surface area (Å²) in [6.07, 6.45) is -0.623. The second kappa shape index (κ2) is 5.61. The maximum absolute atomic E-state index is 11.1. The summed E-state index contributed by atoms with van der Waals surface area (Å²) in [5.74, 6) is -0.109. The van der Waals surface area contributed by atoms with Crippen molar-refractivity contribution in [3.05, 3.63) is 28.8 Å². The van der Waals surface area contributed by atoms with Gasteiger partial charge in [0.1, 0.15) is 5.75 Å². The molecule has 0 fully saturated rings. The van der Waals surface area contributed by atoms with E-state index in [0.29, 0.717) is 0 Å². The zero-order chi connectivity index (χ0) is 14.8. The van der Waals surface area contributed by atoms with Crippen LogP contribution in [0.15, 0.2) is 12.1 Å². The predicted octanol–water partition coefficient (Wildman–Crippen LogP) is 2.85. The van der Waals surface area contributed by atoms with Gasteiger partial charge in [-0.1, -0.05) is 0 Å². The minimum atomic E-state index is -0.957. The molecule has 0 saturated heterocycles. The number of aliphatic hydroxyl groups is 1. The molecule has 0 aromatic heterocycles. The largest absolute Gasteiger partial charge is 0.496 e. The molecule has 4 heteroatoms. The molecule has 4 nitrogen and oxygen atoms in total. The van der Waals surface area contributed by atoms with E-state index in [1.165, 1.54) is 0 Å². The standard InChI is InChI=1S/C15H22O4/c1-9-6-11(7-10(2)13(9)19-5)12(16)8-15(3,4)14(17)18/h6-7,12,16H,8H2,1-5H3,(H,17,18). The van der Waals surface area contributed by atoms with Crippen LogP contribution in [0.25, 0.3) is 0 Å². The van der Waals surface area contributed by atoms with Gasteiger partial charge in [-0.05, 0) is 62.9 Å².